The van der Waals surface area contributed by atoms with Gasteiger partial charge in [-0.1, -0.05) is 90.5 Å². The second kappa shape index (κ2) is 11.2. The number of hydrogen-bond donors (Lipinski definition) is 1. The molecule has 35 heavy (non-hydrogen) atoms. The third kappa shape index (κ3) is 6.52. The highest BCUT2D eigenvalue weighted by atomic mass is 16.5. The van der Waals surface area contributed by atoms with Gasteiger partial charge in [-0.05, 0) is 67.1 Å². The normalized spacial score (nSPS) is 13.9. The van der Waals surface area contributed by atoms with E-state index in [0.29, 0.717) is 13.2 Å². The molecule has 1 aliphatic rings. The van der Waals surface area contributed by atoms with Crippen LogP contribution < -0.4 is 14.8 Å². The highest BCUT2D eigenvalue weighted by Crippen LogP contribution is 2.36. The molecule has 0 amide bonds. The lowest BCUT2D eigenvalue weighted by atomic mass is 9.96. The molecule has 0 spiro atoms. The minimum Gasteiger partial charge on any atom is -0.489 e. The van der Waals surface area contributed by atoms with Crippen LogP contribution in [-0.2, 0) is 13.2 Å². The molecule has 1 fully saturated rings. The molecule has 4 aromatic rings. The summed E-state index contributed by atoms with van der Waals surface area (Å²) in [6, 6.07) is 35.6. The Labute approximate surface area is 208 Å². The first kappa shape index (κ1) is 23.2. The third-order valence-electron chi connectivity index (χ3n) is 6.46. The second-order valence-electron chi connectivity index (χ2n) is 9.45. The molecule has 1 N–H and O–H groups in total. The van der Waals surface area contributed by atoms with E-state index in [1.807, 2.05) is 42.5 Å². The van der Waals surface area contributed by atoms with Gasteiger partial charge in [0.25, 0.3) is 0 Å². The van der Waals surface area contributed by atoms with Crippen molar-refractivity contribution >= 4 is 0 Å². The summed E-state index contributed by atoms with van der Waals surface area (Å²) < 4.78 is 12.6. The molecule has 178 valence electrons. The Balaban J connectivity index is 1.46. The van der Waals surface area contributed by atoms with Crippen LogP contribution in [0.5, 0.6) is 11.5 Å². The summed E-state index contributed by atoms with van der Waals surface area (Å²) in [5.74, 6) is 2.51. The highest BCUT2D eigenvalue weighted by Gasteiger charge is 2.25. The summed E-state index contributed by atoms with van der Waals surface area (Å²) >= 11 is 0. The van der Waals surface area contributed by atoms with Gasteiger partial charge >= 0.3 is 0 Å². The van der Waals surface area contributed by atoms with E-state index in [-0.39, 0.29) is 6.04 Å². The van der Waals surface area contributed by atoms with Gasteiger partial charge in [0.2, 0.25) is 0 Å². The number of hydrogen-bond acceptors (Lipinski definition) is 3. The summed E-state index contributed by atoms with van der Waals surface area (Å²) in [5.41, 5.74) is 5.92. The molecule has 1 unspecified atom stereocenters. The first-order valence-electron chi connectivity index (χ1n) is 12.5. The monoisotopic (exact) mass is 463 g/mol. The van der Waals surface area contributed by atoms with Crippen LogP contribution in [0.1, 0.15) is 46.7 Å². The number of ether oxygens (including phenoxy) is 2. The summed E-state index contributed by atoms with van der Waals surface area (Å²) in [6.45, 7) is 4.22. The van der Waals surface area contributed by atoms with Crippen molar-refractivity contribution in [2.75, 3.05) is 6.54 Å². The van der Waals surface area contributed by atoms with Crippen molar-refractivity contribution in [1.82, 2.24) is 5.32 Å². The van der Waals surface area contributed by atoms with E-state index in [2.05, 4.69) is 72.9 Å². The zero-order valence-corrected chi connectivity index (χ0v) is 20.3. The zero-order chi connectivity index (χ0) is 23.9. The van der Waals surface area contributed by atoms with Crippen LogP contribution in [0.25, 0.3) is 0 Å². The molecule has 0 heterocycles. The van der Waals surface area contributed by atoms with Crippen LogP contribution in [0.2, 0.25) is 0 Å². The maximum absolute atomic E-state index is 6.40. The Kier molecular flexibility index (Phi) is 7.45. The Morgan fingerprint density at radius 2 is 1.43 bits per heavy atom. The molecular formula is C32H33NO2. The van der Waals surface area contributed by atoms with Crippen LogP contribution in [-0.4, -0.2) is 6.54 Å². The quantitative estimate of drug-likeness (QED) is 0.254. The average Bonchev–Trinajstić information content (AvgIpc) is 3.73. The van der Waals surface area contributed by atoms with E-state index in [4.69, 9.17) is 9.47 Å². The Morgan fingerprint density at radius 3 is 2.09 bits per heavy atom. The number of rotatable bonds is 11. The van der Waals surface area contributed by atoms with E-state index in [0.717, 1.165) is 40.7 Å². The van der Waals surface area contributed by atoms with Crippen LogP contribution in [0.15, 0.2) is 103 Å². The Bertz CT molecular complexity index is 1220. The lowest BCUT2D eigenvalue weighted by molar-refractivity contribution is 0.292. The standard InChI is InChI=1S/C32H33NO2/c1-24-9-8-14-28(19-24)32(33-21-25-15-16-25)30-20-29(34-22-26-10-4-2-5-11-26)17-18-31(30)35-23-27-12-6-3-7-13-27/h2-14,17-20,25,32-33H,15-16,21-23H2,1H3. The van der Waals surface area contributed by atoms with Gasteiger partial charge in [0.05, 0.1) is 6.04 Å². The molecule has 0 aromatic heterocycles. The predicted molar refractivity (Wildman–Crippen MR) is 142 cm³/mol. The molecule has 0 radical (unpaired) electrons. The summed E-state index contributed by atoms with van der Waals surface area (Å²) in [5, 5.41) is 3.85. The van der Waals surface area contributed by atoms with E-state index in [9.17, 15) is 0 Å². The van der Waals surface area contributed by atoms with Crippen LogP contribution >= 0.6 is 0 Å². The smallest absolute Gasteiger partial charge is 0.125 e. The maximum atomic E-state index is 6.40. The third-order valence-corrected chi connectivity index (χ3v) is 6.46. The van der Waals surface area contributed by atoms with E-state index in [1.165, 1.54) is 24.0 Å². The van der Waals surface area contributed by atoms with Gasteiger partial charge in [0, 0.05) is 5.56 Å². The van der Waals surface area contributed by atoms with Crippen LogP contribution in [0, 0.1) is 12.8 Å². The molecule has 0 aliphatic heterocycles. The lowest BCUT2D eigenvalue weighted by Gasteiger charge is -2.24. The van der Waals surface area contributed by atoms with Gasteiger partial charge < -0.3 is 14.8 Å². The molecule has 1 saturated carbocycles. The fourth-order valence-corrected chi connectivity index (χ4v) is 4.31. The molecular weight excluding hydrogens is 430 g/mol. The van der Waals surface area contributed by atoms with E-state index < -0.39 is 0 Å². The fourth-order valence-electron chi connectivity index (χ4n) is 4.31. The van der Waals surface area contributed by atoms with Gasteiger partial charge in [-0.3, -0.25) is 0 Å². The summed E-state index contributed by atoms with van der Waals surface area (Å²) in [7, 11) is 0. The van der Waals surface area contributed by atoms with Crippen molar-refractivity contribution in [3.05, 3.63) is 131 Å². The van der Waals surface area contributed by atoms with E-state index >= 15 is 0 Å². The molecule has 1 aliphatic carbocycles. The molecule has 5 rings (SSSR count). The largest absolute Gasteiger partial charge is 0.489 e. The minimum atomic E-state index is 0.0292. The first-order valence-corrected chi connectivity index (χ1v) is 12.5. The lowest BCUT2D eigenvalue weighted by Crippen LogP contribution is -2.25. The van der Waals surface area contributed by atoms with Crippen LogP contribution in [0.4, 0.5) is 0 Å². The van der Waals surface area contributed by atoms with Gasteiger partial charge in [-0.2, -0.15) is 0 Å². The van der Waals surface area contributed by atoms with Gasteiger partial charge in [0.15, 0.2) is 0 Å². The molecule has 0 saturated heterocycles. The topological polar surface area (TPSA) is 30.5 Å². The summed E-state index contributed by atoms with van der Waals surface area (Å²) in [6.07, 6.45) is 2.62. The van der Waals surface area contributed by atoms with Crippen molar-refractivity contribution in [3.8, 4) is 11.5 Å². The second-order valence-corrected chi connectivity index (χ2v) is 9.45. The maximum Gasteiger partial charge on any atom is 0.125 e. The highest BCUT2D eigenvalue weighted by molar-refractivity contribution is 5.47. The molecule has 3 heteroatoms. The zero-order valence-electron chi connectivity index (χ0n) is 20.3. The van der Waals surface area contributed by atoms with Crippen molar-refractivity contribution in [2.24, 2.45) is 5.92 Å². The van der Waals surface area contributed by atoms with Crippen molar-refractivity contribution in [2.45, 2.75) is 39.0 Å². The number of benzene rings is 4. The minimum absolute atomic E-state index is 0.0292. The molecule has 0 bridgehead atoms. The summed E-state index contributed by atoms with van der Waals surface area (Å²) in [4.78, 5) is 0. The predicted octanol–water partition coefficient (Wildman–Crippen LogP) is 7.24. The first-order chi connectivity index (χ1) is 17.2. The van der Waals surface area contributed by atoms with Gasteiger partial charge in [-0.15, -0.1) is 0 Å². The Hall–Kier alpha value is -3.56. The van der Waals surface area contributed by atoms with Crippen molar-refractivity contribution in [3.63, 3.8) is 0 Å². The Morgan fingerprint density at radius 1 is 0.743 bits per heavy atom. The molecule has 4 aromatic carbocycles. The van der Waals surface area contributed by atoms with Crippen molar-refractivity contribution < 1.29 is 9.47 Å². The van der Waals surface area contributed by atoms with Crippen LogP contribution in [0.3, 0.4) is 0 Å². The number of nitrogens with one attached hydrogen (secondary N) is 1. The van der Waals surface area contributed by atoms with Gasteiger partial charge in [-0.25, -0.2) is 0 Å². The average molecular weight is 464 g/mol. The number of aryl methyl sites for hydroxylation is 1. The molecule has 1 atom stereocenters. The van der Waals surface area contributed by atoms with Crippen molar-refractivity contribution in [1.29, 1.82) is 0 Å². The SMILES string of the molecule is Cc1cccc(C(NCC2CC2)c2cc(OCc3ccccc3)ccc2OCc2ccccc2)c1. The van der Waals surface area contributed by atoms with Gasteiger partial charge in [0.1, 0.15) is 24.7 Å². The molecule has 3 nitrogen and oxygen atoms in total. The van der Waals surface area contributed by atoms with E-state index in [1.54, 1.807) is 0 Å². The fraction of sp³-hybridized carbons (Fsp3) is 0.250.